The summed E-state index contributed by atoms with van der Waals surface area (Å²) < 4.78 is 4.68. The number of carbonyl (C=O) groups excluding carboxylic acids is 1. The maximum atomic E-state index is 11.5. The van der Waals surface area contributed by atoms with E-state index in [1.54, 1.807) is 13.8 Å². The van der Waals surface area contributed by atoms with Crippen LogP contribution in [0.5, 0.6) is 0 Å². The standard InChI is InChI=1S/C15H22O3/c1-5-6-12-7-9-13(10-8-12)15(3,17)11(2)14(16)18-4/h7-11,17H,5-6H2,1-4H3. The van der Waals surface area contributed by atoms with Gasteiger partial charge in [0.05, 0.1) is 18.6 Å². The van der Waals surface area contributed by atoms with E-state index in [4.69, 9.17) is 0 Å². The molecule has 0 aliphatic heterocycles. The Balaban J connectivity index is 2.93. The van der Waals surface area contributed by atoms with Crippen molar-refractivity contribution >= 4 is 5.97 Å². The Kier molecular flexibility index (Phi) is 4.91. The summed E-state index contributed by atoms with van der Waals surface area (Å²) in [5.41, 5.74) is 0.765. The molecule has 0 radical (unpaired) electrons. The zero-order valence-electron chi connectivity index (χ0n) is 11.6. The van der Waals surface area contributed by atoms with Crippen LogP contribution < -0.4 is 0 Å². The average Bonchev–Trinajstić information content (AvgIpc) is 2.38. The topological polar surface area (TPSA) is 46.5 Å². The van der Waals surface area contributed by atoms with Crippen molar-refractivity contribution in [1.29, 1.82) is 0 Å². The second-order valence-corrected chi connectivity index (χ2v) is 4.84. The average molecular weight is 250 g/mol. The second kappa shape index (κ2) is 6.01. The summed E-state index contributed by atoms with van der Waals surface area (Å²) in [4.78, 5) is 11.5. The predicted octanol–water partition coefficient (Wildman–Crippen LogP) is 2.66. The Morgan fingerprint density at radius 3 is 2.39 bits per heavy atom. The third kappa shape index (κ3) is 3.10. The van der Waals surface area contributed by atoms with Gasteiger partial charge in [-0.3, -0.25) is 4.79 Å². The number of carbonyl (C=O) groups is 1. The highest BCUT2D eigenvalue weighted by Gasteiger charge is 2.36. The van der Waals surface area contributed by atoms with Crippen LogP contribution in [0.3, 0.4) is 0 Å². The van der Waals surface area contributed by atoms with Crippen LogP contribution >= 0.6 is 0 Å². The third-order valence-corrected chi connectivity index (χ3v) is 3.47. The molecular weight excluding hydrogens is 228 g/mol. The molecular formula is C15H22O3. The monoisotopic (exact) mass is 250 g/mol. The normalized spacial score (nSPS) is 15.8. The van der Waals surface area contributed by atoms with E-state index in [2.05, 4.69) is 11.7 Å². The van der Waals surface area contributed by atoms with Gasteiger partial charge in [-0.1, -0.05) is 37.6 Å². The second-order valence-electron chi connectivity index (χ2n) is 4.84. The van der Waals surface area contributed by atoms with Crippen molar-refractivity contribution in [3.8, 4) is 0 Å². The fraction of sp³-hybridized carbons (Fsp3) is 0.533. The third-order valence-electron chi connectivity index (χ3n) is 3.47. The molecule has 1 N–H and O–H groups in total. The number of aliphatic hydroxyl groups is 1. The van der Waals surface area contributed by atoms with Crippen molar-refractivity contribution in [3.63, 3.8) is 0 Å². The van der Waals surface area contributed by atoms with Crippen LogP contribution in [-0.2, 0) is 21.6 Å². The minimum Gasteiger partial charge on any atom is -0.469 e. The first-order valence-electron chi connectivity index (χ1n) is 6.33. The van der Waals surface area contributed by atoms with Gasteiger partial charge in [0.15, 0.2) is 0 Å². The number of benzene rings is 1. The number of ether oxygens (including phenoxy) is 1. The van der Waals surface area contributed by atoms with Crippen LogP contribution in [0.25, 0.3) is 0 Å². The van der Waals surface area contributed by atoms with Crippen molar-refractivity contribution in [2.45, 2.75) is 39.2 Å². The summed E-state index contributed by atoms with van der Waals surface area (Å²) in [6.07, 6.45) is 2.11. The molecule has 1 rings (SSSR count). The highest BCUT2D eigenvalue weighted by Crippen LogP contribution is 2.30. The number of esters is 1. The summed E-state index contributed by atoms with van der Waals surface area (Å²) in [6.45, 7) is 5.44. The number of methoxy groups -OCH3 is 1. The Bertz CT molecular complexity index is 393. The molecule has 1 aromatic rings. The summed E-state index contributed by atoms with van der Waals surface area (Å²) in [5.74, 6) is -1.00. The summed E-state index contributed by atoms with van der Waals surface area (Å²) in [5, 5.41) is 10.5. The van der Waals surface area contributed by atoms with Gasteiger partial charge in [-0.15, -0.1) is 0 Å². The predicted molar refractivity (Wildman–Crippen MR) is 71.2 cm³/mol. The first kappa shape index (κ1) is 14.7. The van der Waals surface area contributed by atoms with Crippen molar-refractivity contribution in [2.75, 3.05) is 7.11 Å². The Morgan fingerprint density at radius 2 is 1.94 bits per heavy atom. The van der Waals surface area contributed by atoms with Gasteiger partial charge >= 0.3 is 5.97 Å². The molecule has 2 unspecified atom stereocenters. The number of aryl methyl sites for hydroxylation is 1. The zero-order chi connectivity index (χ0) is 13.8. The molecule has 2 atom stereocenters. The van der Waals surface area contributed by atoms with Crippen LogP contribution in [0.4, 0.5) is 0 Å². The molecule has 0 aromatic heterocycles. The summed E-state index contributed by atoms with van der Waals surface area (Å²) >= 11 is 0. The number of hydrogen-bond acceptors (Lipinski definition) is 3. The SMILES string of the molecule is CCCc1ccc(C(C)(O)C(C)C(=O)OC)cc1. The molecule has 1 aromatic carbocycles. The van der Waals surface area contributed by atoms with E-state index in [1.165, 1.54) is 12.7 Å². The first-order chi connectivity index (χ1) is 8.43. The lowest BCUT2D eigenvalue weighted by Crippen LogP contribution is -2.35. The largest absolute Gasteiger partial charge is 0.469 e. The summed E-state index contributed by atoms with van der Waals surface area (Å²) in [7, 11) is 1.33. The first-order valence-corrected chi connectivity index (χ1v) is 6.33. The van der Waals surface area contributed by atoms with E-state index >= 15 is 0 Å². The molecule has 0 spiro atoms. The van der Waals surface area contributed by atoms with Crippen molar-refractivity contribution in [3.05, 3.63) is 35.4 Å². The van der Waals surface area contributed by atoms with E-state index < -0.39 is 17.5 Å². The van der Waals surface area contributed by atoms with Gasteiger partial charge in [0.2, 0.25) is 0 Å². The minimum absolute atomic E-state index is 0.405. The van der Waals surface area contributed by atoms with Crippen molar-refractivity contribution < 1.29 is 14.6 Å². The van der Waals surface area contributed by atoms with E-state index in [9.17, 15) is 9.90 Å². The highest BCUT2D eigenvalue weighted by molar-refractivity contribution is 5.73. The van der Waals surface area contributed by atoms with E-state index in [0.29, 0.717) is 0 Å². The fourth-order valence-corrected chi connectivity index (χ4v) is 1.95. The molecule has 0 saturated heterocycles. The van der Waals surface area contributed by atoms with Crippen molar-refractivity contribution in [1.82, 2.24) is 0 Å². The Hall–Kier alpha value is -1.35. The van der Waals surface area contributed by atoms with Crippen LogP contribution in [0.15, 0.2) is 24.3 Å². The molecule has 0 aliphatic carbocycles. The molecule has 0 aliphatic rings. The van der Waals surface area contributed by atoms with Crippen molar-refractivity contribution in [2.24, 2.45) is 5.92 Å². The van der Waals surface area contributed by atoms with E-state index in [0.717, 1.165) is 18.4 Å². The van der Waals surface area contributed by atoms with Gasteiger partial charge in [-0.25, -0.2) is 0 Å². The van der Waals surface area contributed by atoms with Gasteiger partial charge in [0, 0.05) is 0 Å². The molecule has 0 fully saturated rings. The lowest BCUT2D eigenvalue weighted by molar-refractivity contribution is -0.154. The molecule has 3 nitrogen and oxygen atoms in total. The van der Waals surface area contributed by atoms with Crippen LogP contribution in [-0.4, -0.2) is 18.2 Å². The molecule has 100 valence electrons. The molecule has 18 heavy (non-hydrogen) atoms. The van der Waals surface area contributed by atoms with Gasteiger partial charge in [0.25, 0.3) is 0 Å². The molecule has 0 heterocycles. The lowest BCUT2D eigenvalue weighted by atomic mass is 9.83. The highest BCUT2D eigenvalue weighted by atomic mass is 16.5. The zero-order valence-corrected chi connectivity index (χ0v) is 11.6. The van der Waals surface area contributed by atoms with Crippen LogP contribution in [0.2, 0.25) is 0 Å². The molecule has 3 heteroatoms. The number of hydrogen-bond donors (Lipinski definition) is 1. The van der Waals surface area contributed by atoms with E-state index in [1.807, 2.05) is 24.3 Å². The Labute approximate surface area is 109 Å². The molecule has 0 bridgehead atoms. The maximum absolute atomic E-state index is 11.5. The quantitative estimate of drug-likeness (QED) is 0.817. The fourth-order valence-electron chi connectivity index (χ4n) is 1.95. The molecule has 0 amide bonds. The Morgan fingerprint density at radius 1 is 1.39 bits per heavy atom. The van der Waals surface area contributed by atoms with Crippen LogP contribution in [0, 0.1) is 5.92 Å². The number of rotatable bonds is 5. The van der Waals surface area contributed by atoms with Gasteiger partial charge in [-0.05, 0) is 31.4 Å². The van der Waals surface area contributed by atoms with Gasteiger partial charge < -0.3 is 9.84 Å². The maximum Gasteiger partial charge on any atom is 0.311 e. The van der Waals surface area contributed by atoms with E-state index in [-0.39, 0.29) is 0 Å². The lowest BCUT2D eigenvalue weighted by Gasteiger charge is -2.29. The minimum atomic E-state index is -1.21. The van der Waals surface area contributed by atoms with Gasteiger partial charge in [0.1, 0.15) is 0 Å². The smallest absolute Gasteiger partial charge is 0.311 e. The van der Waals surface area contributed by atoms with Crippen LogP contribution in [0.1, 0.15) is 38.3 Å². The molecule has 0 saturated carbocycles. The van der Waals surface area contributed by atoms with Gasteiger partial charge in [-0.2, -0.15) is 0 Å². The summed E-state index contributed by atoms with van der Waals surface area (Å²) in [6, 6.07) is 7.75.